The zero-order valence-corrected chi connectivity index (χ0v) is 13.3. The van der Waals surface area contributed by atoms with Crippen LogP contribution in [0.15, 0.2) is 24.3 Å². The van der Waals surface area contributed by atoms with E-state index in [2.05, 4.69) is 12.2 Å². The molecule has 5 heteroatoms. The summed E-state index contributed by atoms with van der Waals surface area (Å²) in [4.78, 5) is 27.8. The van der Waals surface area contributed by atoms with Crippen LogP contribution in [0.2, 0.25) is 0 Å². The minimum atomic E-state index is -0.124. The predicted octanol–water partition coefficient (Wildman–Crippen LogP) is 0.675. The van der Waals surface area contributed by atoms with Crippen molar-refractivity contribution < 1.29 is 14.5 Å². The van der Waals surface area contributed by atoms with Crippen molar-refractivity contribution in [2.75, 3.05) is 29.9 Å². The maximum Gasteiger partial charge on any atom is 0.285 e. The third-order valence-corrected chi connectivity index (χ3v) is 4.82. The molecule has 0 radical (unpaired) electrons. The van der Waals surface area contributed by atoms with Crippen LogP contribution < -0.4 is 15.1 Å². The second-order valence-electron chi connectivity index (χ2n) is 6.57. The van der Waals surface area contributed by atoms with Crippen molar-refractivity contribution in [1.82, 2.24) is 0 Å². The summed E-state index contributed by atoms with van der Waals surface area (Å²) in [5.74, 6) is 0.587. The number of rotatable bonds is 2. The Morgan fingerprint density at radius 1 is 1.41 bits per heavy atom. The number of benzene rings is 1. The largest absolute Gasteiger partial charge is 0.325 e. The van der Waals surface area contributed by atoms with Gasteiger partial charge in [0.05, 0.1) is 24.5 Å². The molecule has 2 aliphatic rings. The lowest BCUT2D eigenvalue weighted by atomic mass is 9.98. The molecule has 2 aliphatic heterocycles. The van der Waals surface area contributed by atoms with Crippen molar-refractivity contribution in [1.29, 1.82) is 0 Å². The highest BCUT2D eigenvalue weighted by Gasteiger charge is 2.35. The molecule has 22 heavy (non-hydrogen) atoms. The van der Waals surface area contributed by atoms with E-state index in [1.54, 1.807) is 4.90 Å². The van der Waals surface area contributed by atoms with Gasteiger partial charge in [-0.05, 0) is 31.9 Å². The van der Waals surface area contributed by atoms with E-state index in [0.717, 1.165) is 24.5 Å². The number of nitrogens with zero attached hydrogens (tertiary/aromatic N) is 1. The SMILES string of the molecule is C[C@@H]1CCC[NH+]([C@@H](C)C(=O)N2CC(=O)Nc3ccccc32)C1. The standard InChI is InChI=1S/C17H23N3O2/c1-12-6-5-9-19(10-12)13(2)17(22)20-11-16(21)18-14-7-3-4-8-15(14)20/h3-4,7-8,12-13H,5-6,9-11H2,1-2H3,(H,18,21)/p+1/t12-,13+/m1/s1. The molecular formula is C17H24N3O2+. The zero-order valence-electron chi connectivity index (χ0n) is 13.3. The van der Waals surface area contributed by atoms with Gasteiger partial charge in [-0.15, -0.1) is 0 Å². The highest BCUT2D eigenvalue weighted by Crippen LogP contribution is 2.29. The first-order chi connectivity index (χ1) is 10.6. The van der Waals surface area contributed by atoms with Crippen LogP contribution in [0.1, 0.15) is 26.7 Å². The number of carbonyl (C=O) groups is 2. The lowest BCUT2D eigenvalue weighted by Crippen LogP contribution is -3.18. The molecule has 1 aromatic rings. The fourth-order valence-electron chi connectivity index (χ4n) is 3.56. The van der Waals surface area contributed by atoms with Gasteiger partial charge in [0.1, 0.15) is 6.54 Å². The molecule has 2 amide bonds. The number of hydrogen-bond donors (Lipinski definition) is 2. The average Bonchev–Trinajstić information content (AvgIpc) is 2.52. The van der Waals surface area contributed by atoms with Crippen molar-refractivity contribution in [3.05, 3.63) is 24.3 Å². The molecule has 0 spiro atoms. The van der Waals surface area contributed by atoms with Crippen LogP contribution in [0, 0.1) is 5.92 Å². The molecule has 2 N–H and O–H groups in total. The maximum absolute atomic E-state index is 12.9. The van der Waals surface area contributed by atoms with Gasteiger partial charge in [-0.2, -0.15) is 0 Å². The first-order valence-corrected chi connectivity index (χ1v) is 8.11. The number of amides is 2. The third kappa shape index (κ3) is 2.86. The minimum absolute atomic E-state index is 0.0476. The van der Waals surface area contributed by atoms with Crippen molar-refractivity contribution in [3.8, 4) is 0 Å². The first kappa shape index (κ1) is 15.0. The summed E-state index contributed by atoms with van der Waals surface area (Å²) >= 11 is 0. The number of hydrogen-bond acceptors (Lipinski definition) is 2. The topological polar surface area (TPSA) is 53.9 Å². The van der Waals surface area contributed by atoms with Crippen LogP contribution in [0.5, 0.6) is 0 Å². The Morgan fingerprint density at radius 3 is 2.95 bits per heavy atom. The summed E-state index contributed by atoms with van der Waals surface area (Å²) in [7, 11) is 0. The van der Waals surface area contributed by atoms with Crippen molar-refractivity contribution in [2.24, 2.45) is 5.92 Å². The molecule has 118 valence electrons. The number of fused-ring (bicyclic) bond motifs is 1. The van der Waals surface area contributed by atoms with Gasteiger partial charge in [-0.1, -0.05) is 19.1 Å². The van der Waals surface area contributed by atoms with E-state index in [-0.39, 0.29) is 24.4 Å². The van der Waals surface area contributed by atoms with Crippen LogP contribution >= 0.6 is 0 Å². The zero-order chi connectivity index (χ0) is 15.7. The Bertz CT molecular complexity index is 587. The van der Waals surface area contributed by atoms with Gasteiger partial charge in [0, 0.05) is 5.92 Å². The molecule has 0 aromatic heterocycles. The van der Waals surface area contributed by atoms with Crippen molar-refractivity contribution in [3.63, 3.8) is 0 Å². The van der Waals surface area contributed by atoms with E-state index in [1.807, 2.05) is 31.2 Å². The van der Waals surface area contributed by atoms with Crippen LogP contribution in [-0.4, -0.2) is 37.5 Å². The van der Waals surface area contributed by atoms with Crippen molar-refractivity contribution >= 4 is 23.2 Å². The number of carbonyl (C=O) groups excluding carboxylic acids is 2. The van der Waals surface area contributed by atoms with Gasteiger partial charge in [0.2, 0.25) is 5.91 Å². The maximum atomic E-state index is 12.9. The predicted molar refractivity (Wildman–Crippen MR) is 86.0 cm³/mol. The first-order valence-electron chi connectivity index (χ1n) is 8.11. The molecule has 1 fully saturated rings. The smallest absolute Gasteiger partial charge is 0.285 e. The quantitative estimate of drug-likeness (QED) is 0.844. The minimum Gasteiger partial charge on any atom is -0.325 e. The van der Waals surface area contributed by atoms with Crippen LogP contribution in [0.3, 0.4) is 0 Å². The summed E-state index contributed by atoms with van der Waals surface area (Å²) < 4.78 is 0. The molecule has 0 bridgehead atoms. The van der Waals surface area contributed by atoms with E-state index in [4.69, 9.17) is 0 Å². The fraction of sp³-hybridized carbons (Fsp3) is 0.529. The summed E-state index contributed by atoms with van der Waals surface area (Å²) in [6, 6.07) is 7.40. The number of likely N-dealkylation sites (tertiary alicyclic amines) is 1. The molecule has 3 rings (SSSR count). The summed E-state index contributed by atoms with van der Waals surface area (Å²) in [5.41, 5.74) is 1.53. The summed E-state index contributed by atoms with van der Waals surface area (Å²) in [6.07, 6.45) is 2.42. The highest BCUT2D eigenvalue weighted by molar-refractivity contribution is 6.10. The fourth-order valence-corrected chi connectivity index (χ4v) is 3.56. The van der Waals surface area contributed by atoms with E-state index < -0.39 is 0 Å². The third-order valence-electron chi connectivity index (χ3n) is 4.82. The second kappa shape index (κ2) is 6.08. The van der Waals surface area contributed by atoms with E-state index in [9.17, 15) is 9.59 Å². The monoisotopic (exact) mass is 302 g/mol. The van der Waals surface area contributed by atoms with Gasteiger partial charge in [-0.3, -0.25) is 14.5 Å². The average molecular weight is 302 g/mol. The molecule has 1 aromatic carbocycles. The molecule has 5 nitrogen and oxygen atoms in total. The Balaban J connectivity index is 1.81. The van der Waals surface area contributed by atoms with Crippen LogP contribution in [0.4, 0.5) is 11.4 Å². The Morgan fingerprint density at radius 2 is 2.18 bits per heavy atom. The molecule has 1 saturated heterocycles. The molecule has 0 aliphatic carbocycles. The second-order valence-corrected chi connectivity index (χ2v) is 6.57. The molecule has 0 saturated carbocycles. The normalized spacial score (nSPS) is 26.1. The lowest BCUT2D eigenvalue weighted by Gasteiger charge is -2.36. The highest BCUT2D eigenvalue weighted by atomic mass is 16.2. The van der Waals surface area contributed by atoms with Gasteiger partial charge < -0.3 is 10.2 Å². The van der Waals surface area contributed by atoms with Gasteiger partial charge >= 0.3 is 0 Å². The Kier molecular flexibility index (Phi) is 4.16. The molecular weight excluding hydrogens is 278 g/mol. The molecule has 1 unspecified atom stereocenters. The molecule has 3 atom stereocenters. The van der Waals surface area contributed by atoms with E-state index in [1.165, 1.54) is 17.7 Å². The van der Waals surface area contributed by atoms with Crippen LogP contribution in [0.25, 0.3) is 0 Å². The number of para-hydroxylation sites is 2. The molecule has 2 heterocycles. The van der Waals surface area contributed by atoms with Gasteiger partial charge in [0.15, 0.2) is 6.04 Å². The van der Waals surface area contributed by atoms with Crippen molar-refractivity contribution in [2.45, 2.75) is 32.7 Å². The number of quaternary nitrogens is 1. The number of anilines is 2. The van der Waals surface area contributed by atoms with Gasteiger partial charge in [-0.25, -0.2) is 0 Å². The Hall–Kier alpha value is -1.88. The summed E-state index contributed by atoms with van der Waals surface area (Å²) in [5, 5.41) is 2.83. The lowest BCUT2D eigenvalue weighted by molar-refractivity contribution is -0.922. The van der Waals surface area contributed by atoms with Crippen LogP contribution in [-0.2, 0) is 9.59 Å². The summed E-state index contributed by atoms with van der Waals surface area (Å²) in [6.45, 7) is 6.43. The van der Waals surface area contributed by atoms with Gasteiger partial charge in [0.25, 0.3) is 5.91 Å². The number of piperidine rings is 1. The van der Waals surface area contributed by atoms with E-state index in [0.29, 0.717) is 5.92 Å². The number of nitrogens with one attached hydrogen (secondary N) is 2. The van der Waals surface area contributed by atoms with E-state index >= 15 is 0 Å². The Labute approximate surface area is 131 Å².